The number of fused-ring (bicyclic) bond motifs is 3. The maximum atomic E-state index is 13.0. The Morgan fingerprint density at radius 2 is 2.11 bits per heavy atom. The number of piperidine rings is 1. The minimum atomic E-state index is -0.0917. The van der Waals surface area contributed by atoms with E-state index in [0.29, 0.717) is 5.92 Å². The predicted octanol–water partition coefficient (Wildman–Crippen LogP) is 2.18. The van der Waals surface area contributed by atoms with Crippen molar-refractivity contribution >= 4 is 27.5 Å². The molecule has 4 rings (SSSR count). The monoisotopic (exact) mass is 388 g/mol. The summed E-state index contributed by atoms with van der Waals surface area (Å²) in [6.07, 6.45) is 6.58. The molecule has 0 saturated carbocycles. The lowest BCUT2D eigenvalue weighted by atomic mass is 9.89. The third kappa shape index (κ3) is 3.80. The largest absolute Gasteiger partial charge is 0.352 e. The van der Waals surface area contributed by atoms with Gasteiger partial charge in [-0.15, -0.1) is 11.3 Å². The van der Waals surface area contributed by atoms with Gasteiger partial charge >= 0.3 is 0 Å². The van der Waals surface area contributed by atoms with E-state index in [0.717, 1.165) is 62.0 Å². The summed E-state index contributed by atoms with van der Waals surface area (Å²) in [6, 6.07) is 0.211. The molecule has 1 aliphatic carbocycles. The van der Waals surface area contributed by atoms with E-state index < -0.39 is 0 Å². The minimum Gasteiger partial charge on any atom is -0.352 e. The average Bonchev–Trinajstić information content (AvgIpc) is 3.02. The molecule has 1 aliphatic heterocycles. The number of hydrogen-bond acceptors (Lipinski definition) is 5. The molecule has 1 amide bonds. The highest BCUT2D eigenvalue weighted by Gasteiger charge is 2.24. The van der Waals surface area contributed by atoms with Crippen molar-refractivity contribution < 1.29 is 4.79 Å². The van der Waals surface area contributed by atoms with Crippen LogP contribution in [0, 0.1) is 5.92 Å². The number of likely N-dealkylation sites (tertiary alicyclic amines) is 1. The molecule has 1 saturated heterocycles. The number of hydrogen-bond donors (Lipinski definition) is 1. The Labute approximate surface area is 163 Å². The van der Waals surface area contributed by atoms with Gasteiger partial charge in [-0.3, -0.25) is 14.2 Å². The number of carbonyl (C=O) groups excluding carboxylic acids is 1. The van der Waals surface area contributed by atoms with Gasteiger partial charge in [-0.05, 0) is 50.1 Å². The third-order valence-corrected chi connectivity index (χ3v) is 7.16. The fourth-order valence-electron chi connectivity index (χ4n) is 4.30. The fraction of sp³-hybridized carbons (Fsp3) is 0.650. The van der Waals surface area contributed by atoms with Gasteiger partial charge in [0.25, 0.3) is 5.56 Å². The molecule has 7 heteroatoms. The number of carbonyl (C=O) groups is 1. The van der Waals surface area contributed by atoms with Gasteiger partial charge in [-0.2, -0.15) is 0 Å². The van der Waals surface area contributed by atoms with Crippen LogP contribution in [0.3, 0.4) is 0 Å². The van der Waals surface area contributed by atoms with E-state index in [4.69, 9.17) is 0 Å². The molecular formula is C20H28N4O2S. The van der Waals surface area contributed by atoms with E-state index in [1.807, 2.05) is 0 Å². The molecule has 1 atom stereocenters. The van der Waals surface area contributed by atoms with Gasteiger partial charge in [0.15, 0.2) is 0 Å². The molecule has 0 spiro atoms. The van der Waals surface area contributed by atoms with Crippen LogP contribution in [0.25, 0.3) is 10.2 Å². The molecule has 6 nitrogen and oxygen atoms in total. The highest BCUT2D eigenvalue weighted by atomic mass is 32.1. The van der Waals surface area contributed by atoms with Crippen LogP contribution in [0.15, 0.2) is 11.1 Å². The molecule has 1 fully saturated rings. The number of thiophene rings is 1. The van der Waals surface area contributed by atoms with Crippen LogP contribution >= 0.6 is 11.3 Å². The average molecular weight is 389 g/mol. The van der Waals surface area contributed by atoms with E-state index >= 15 is 0 Å². The van der Waals surface area contributed by atoms with E-state index in [-0.39, 0.29) is 24.1 Å². The smallest absolute Gasteiger partial charge is 0.262 e. The summed E-state index contributed by atoms with van der Waals surface area (Å²) in [5, 5.41) is 3.84. The van der Waals surface area contributed by atoms with Crippen LogP contribution in [0.5, 0.6) is 0 Å². The SMILES string of the molecule is CCN1CCC(NC(=O)Cn2cnc3sc4c(c3c2=O)CCC(C)C4)CC1. The van der Waals surface area contributed by atoms with E-state index in [2.05, 4.69) is 29.0 Å². The van der Waals surface area contributed by atoms with Gasteiger partial charge in [0, 0.05) is 24.0 Å². The van der Waals surface area contributed by atoms with Crippen LogP contribution in [0.2, 0.25) is 0 Å². The Morgan fingerprint density at radius 3 is 2.85 bits per heavy atom. The molecular weight excluding hydrogens is 360 g/mol. The fourth-order valence-corrected chi connectivity index (χ4v) is 5.64. The Hall–Kier alpha value is -1.73. The normalized spacial score (nSPS) is 21.3. The Balaban J connectivity index is 1.48. The van der Waals surface area contributed by atoms with Crippen molar-refractivity contribution in [2.24, 2.45) is 5.92 Å². The summed E-state index contributed by atoms with van der Waals surface area (Å²) < 4.78 is 1.48. The number of rotatable bonds is 4. The summed E-state index contributed by atoms with van der Waals surface area (Å²) in [6.45, 7) is 7.58. The van der Waals surface area contributed by atoms with Crippen molar-refractivity contribution in [2.75, 3.05) is 19.6 Å². The predicted molar refractivity (Wildman–Crippen MR) is 108 cm³/mol. The first-order valence-corrected chi connectivity index (χ1v) is 10.9. The highest BCUT2D eigenvalue weighted by Crippen LogP contribution is 2.35. The molecule has 0 radical (unpaired) electrons. The van der Waals surface area contributed by atoms with Crippen molar-refractivity contribution in [3.63, 3.8) is 0 Å². The van der Waals surface area contributed by atoms with Crippen molar-refractivity contribution in [3.05, 3.63) is 27.1 Å². The minimum absolute atomic E-state index is 0.0524. The van der Waals surface area contributed by atoms with Crippen LogP contribution < -0.4 is 10.9 Å². The Kier molecular flexibility index (Phi) is 5.32. The van der Waals surface area contributed by atoms with Crippen LogP contribution in [-0.2, 0) is 24.2 Å². The highest BCUT2D eigenvalue weighted by molar-refractivity contribution is 7.18. The van der Waals surface area contributed by atoms with Crippen molar-refractivity contribution in [1.29, 1.82) is 0 Å². The van der Waals surface area contributed by atoms with Gasteiger partial charge in [0.2, 0.25) is 5.91 Å². The lowest BCUT2D eigenvalue weighted by Crippen LogP contribution is -2.46. The third-order valence-electron chi connectivity index (χ3n) is 6.00. The summed E-state index contributed by atoms with van der Waals surface area (Å²) in [7, 11) is 0. The Bertz CT molecular complexity index is 895. The molecule has 2 aromatic rings. The Morgan fingerprint density at radius 1 is 1.33 bits per heavy atom. The summed E-state index contributed by atoms with van der Waals surface area (Å²) in [5.41, 5.74) is 1.11. The summed E-state index contributed by atoms with van der Waals surface area (Å²) in [4.78, 5) is 34.5. The van der Waals surface area contributed by atoms with Crippen LogP contribution in [0.4, 0.5) is 0 Å². The number of aromatic nitrogens is 2. The molecule has 0 aromatic carbocycles. The maximum Gasteiger partial charge on any atom is 0.262 e. The number of amides is 1. The molecule has 1 N–H and O–H groups in total. The molecule has 0 bridgehead atoms. The number of nitrogens with one attached hydrogen (secondary N) is 1. The second-order valence-electron chi connectivity index (χ2n) is 7.99. The first-order valence-electron chi connectivity index (χ1n) is 10.1. The molecule has 3 heterocycles. The standard InChI is InChI=1S/C20H28N4O2S/c1-3-23-8-6-14(7-9-23)22-17(25)11-24-12-21-19-18(20(24)26)15-5-4-13(2)10-16(15)27-19/h12-14H,3-11H2,1-2H3,(H,22,25). The van der Waals surface area contributed by atoms with E-state index in [1.165, 1.54) is 21.3 Å². The van der Waals surface area contributed by atoms with Gasteiger partial charge < -0.3 is 10.2 Å². The lowest BCUT2D eigenvalue weighted by Gasteiger charge is -2.31. The summed E-state index contributed by atoms with van der Waals surface area (Å²) >= 11 is 1.65. The van der Waals surface area contributed by atoms with E-state index in [9.17, 15) is 9.59 Å². The second kappa shape index (κ2) is 7.72. The zero-order valence-electron chi connectivity index (χ0n) is 16.2. The topological polar surface area (TPSA) is 67.2 Å². The van der Waals surface area contributed by atoms with Crippen molar-refractivity contribution in [3.8, 4) is 0 Å². The lowest BCUT2D eigenvalue weighted by molar-refractivity contribution is -0.122. The molecule has 146 valence electrons. The maximum absolute atomic E-state index is 13.0. The quantitative estimate of drug-likeness (QED) is 0.872. The molecule has 1 unspecified atom stereocenters. The van der Waals surface area contributed by atoms with Crippen LogP contribution in [0.1, 0.15) is 43.6 Å². The molecule has 27 heavy (non-hydrogen) atoms. The van der Waals surface area contributed by atoms with Gasteiger partial charge in [-0.1, -0.05) is 13.8 Å². The number of nitrogens with zero attached hydrogens (tertiary/aromatic N) is 3. The van der Waals surface area contributed by atoms with Crippen LogP contribution in [-0.4, -0.2) is 46.0 Å². The zero-order chi connectivity index (χ0) is 19.0. The van der Waals surface area contributed by atoms with E-state index in [1.54, 1.807) is 11.3 Å². The van der Waals surface area contributed by atoms with Gasteiger partial charge in [0.05, 0.1) is 11.7 Å². The molecule has 2 aromatic heterocycles. The summed E-state index contributed by atoms with van der Waals surface area (Å²) in [5.74, 6) is 0.573. The first-order chi connectivity index (χ1) is 13.0. The molecule has 2 aliphatic rings. The number of aryl methyl sites for hydroxylation is 1. The van der Waals surface area contributed by atoms with Gasteiger partial charge in [0.1, 0.15) is 11.4 Å². The first kappa shape index (κ1) is 18.6. The van der Waals surface area contributed by atoms with Gasteiger partial charge in [-0.25, -0.2) is 4.98 Å². The van der Waals surface area contributed by atoms with Crippen molar-refractivity contribution in [1.82, 2.24) is 19.8 Å². The zero-order valence-corrected chi connectivity index (χ0v) is 17.0. The second-order valence-corrected chi connectivity index (χ2v) is 9.07. The van der Waals surface area contributed by atoms with Crippen molar-refractivity contribution in [2.45, 2.75) is 58.5 Å².